The second kappa shape index (κ2) is 11.5. The van der Waals surface area contributed by atoms with E-state index in [2.05, 4.69) is 20.1 Å². The van der Waals surface area contributed by atoms with Crippen LogP contribution in [0.25, 0.3) is 0 Å². The van der Waals surface area contributed by atoms with Crippen LogP contribution in [-0.4, -0.2) is 56.0 Å². The van der Waals surface area contributed by atoms with Gasteiger partial charge in [0.1, 0.15) is 0 Å². The van der Waals surface area contributed by atoms with Gasteiger partial charge in [-0.25, -0.2) is 0 Å². The second-order valence-electron chi connectivity index (χ2n) is 6.49. The predicted octanol–water partition coefficient (Wildman–Crippen LogP) is 2.56. The smallest absolute Gasteiger partial charge is 0.222 e. The molecule has 0 spiro atoms. The largest absolute Gasteiger partial charge is 0.370 e. The molecule has 1 fully saturated rings. The van der Waals surface area contributed by atoms with Gasteiger partial charge in [0.25, 0.3) is 0 Å². The van der Waals surface area contributed by atoms with Crippen LogP contribution in [0.3, 0.4) is 0 Å². The average molecular weight is 494 g/mol. The zero-order valence-corrected chi connectivity index (χ0v) is 18.5. The van der Waals surface area contributed by atoms with Crippen LogP contribution in [0.2, 0.25) is 5.02 Å². The van der Waals surface area contributed by atoms with Crippen LogP contribution in [0.15, 0.2) is 29.3 Å². The minimum Gasteiger partial charge on any atom is -0.370 e. The summed E-state index contributed by atoms with van der Waals surface area (Å²) in [6, 6.07) is 7.91. The van der Waals surface area contributed by atoms with Crippen LogP contribution >= 0.6 is 35.6 Å². The van der Waals surface area contributed by atoms with Gasteiger partial charge in [-0.2, -0.15) is 0 Å². The molecule has 1 aromatic carbocycles. The maximum absolute atomic E-state index is 11.5. The third-order valence-corrected chi connectivity index (χ3v) is 4.48. The number of benzene rings is 1. The van der Waals surface area contributed by atoms with Crippen molar-refractivity contribution in [2.24, 2.45) is 16.6 Å². The third kappa shape index (κ3) is 7.19. The van der Waals surface area contributed by atoms with Crippen LogP contribution in [-0.2, 0) is 4.79 Å². The third-order valence-electron chi connectivity index (χ3n) is 4.23. The summed E-state index contributed by atoms with van der Waals surface area (Å²) in [5, 5.41) is 3.64. The molecule has 0 radical (unpaired) electrons. The van der Waals surface area contributed by atoms with E-state index >= 15 is 0 Å². The summed E-state index contributed by atoms with van der Waals surface area (Å²) in [4.78, 5) is 20.3. The van der Waals surface area contributed by atoms with Crippen LogP contribution in [0.4, 0.5) is 5.69 Å². The van der Waals surface area contributed by atoms with E-state index in [1.54, 1.807) is 0 Å². The van der Waals surface area contributed by atoms with Gasteiger partial charge in [0.05, 0.1) is 0 Å². The van der Waals surface area contributed by atoms with Crippen molar-refractivity contribution in [1.82, 2.24) is 10.2 Å². The lowest BCUT2D eigenvalue weighted by Crippen LogP contribution is -2.51. The molecular weight excluding hydrogens is 465 g/mol. The SMILES string of the molecule is CC(C)C(=O)NCCCN=C(N)N1CCN(c2ccc(Cl)cc2)CC1.I. The van der Waals surface area contributed by atoms with Crippen LogP contribution in [0, 0.1) is 5.92 Å². The number of carbonyl (C=O) groups is 1. The first kappa shape index (κ1) is 22.8. The van der Waals surface area contributed by atoms with E-state index in [1.165, 1.54) is 5.69 Å². The molecule has 8 heteroatoms. The molecule has 26 heavy (non-hydrogen) atoms. The van der Waals surface area contributed by atoms with Crippen molar-refractivity contribution >= 4 is 53.1 Å². The highest BCUT2D eigenvalue weighted by atomic mass is 127. The molecule has 0 aromatic heterocycles. The van der Waals surface area contributed by atoms with Crippen LogP contribution < -0.4 is 16.0 Å². The van der Waals surface area contributed by atoms with Crippen LogP contribution in [0.1, 0.15) is 20.3 Å². The lowest BCUT2D eigenvalue weighted by atomic mass is 10.2. The summed E-state index contributed by atoms with van der Waals surface area (Å²) in [5.74, 6) is 0.687. The van der Waals surface area contributed by atoms with Crippen molar-refractivity contribution in [3.8, 4) is 0 Å². The number of halogens is 2. The Morgan fingerprint density at radius 2 is 1.85 bits per heavy atom. The number of carbonyl (C=O) groups excluding carboxylic acids is 1. The molecule has 1 amide bonds. The highest BCUT2D eigenvalue weighted by Gasteiger charge is 2.18. The maximum atomic E-state index is 11.5. The molecule has 1 aromatic rings. The van der Waals surface area contributed by atoms with E-state index in [0.29, 0.717) is 19.0 Å². The normalized spacial score (nSPS) is 15.0. The number of rotatable bonds is 6. The van der Waals surface area contributed by atoms with Gasteiger partial charge in [-0.3, -0.25) is 9.79 Å². The van der Waals surface area contributed by atoms with Crippen molar-refractivity contribution in [3.63, 3.8) is 0 Å². The van der Waals surface area contributed by atoms with Crippen molar-refractivity contribution < 1.29 is 4.79 Å². The Hall–Kier alpha value is -1.22. The number of piperazine rings is 1. The minimum atomic E-state index is 0. The minimum absolute atomic E-state index is 0. The number of amides is 1. The molecule has 1 aliphatic heterocycles. The fourth-order valence-corrected chi connectivity index (χ4v) is 2.76. The zero-order chi connectivity index (χ0) is 18.2. The molecule has 0 aliphatic carbocycles. The molecule has 1 heterocycles. The summed E-state index contributed by atoms with van der Waals surface area (Å²) in [7, 11) is 0. The monoisotopic (exact) mass is 493 g/mol. The highest BCUT2D eigenvalue weighted by Crippen LogP contribution is 2.19. The van der Waals surface area contributed by atoms with E-state index in [-0.39, 0.29) is 35.8 Å². The molecule has 1 aliphatic rings. The Kier molecular flexibility index (Phi) is 10.1. The Bertz CT molecular complexity index is 586. The summed E-state index contributed by atoms with van der Waals surface area (Å²) in [5.41, 5.74) is 7.28. The van der Waals surface area contributed by atoms with E-state index in [1.807, 2.05) is 38.1 Å². The quantitative estimate of drug-likeness (QED) is 0.276. The zero-order valence-electron chi connectivity index (χ0n) is 15.4. The first-order chi connectivity index (χ1) is 12.0. The number of aliphatic imine (C=N–C) groups is 1. The lowest BCUT2D eigenvalue weighted by Gasteiger charge is -2.36. The number of hydrogen-bond donors (Lipinski definition) is 2. The van der Waals surface area contributed by atoms with Gasteiger partial charge in [0, 0.05) is 55.9 Å². The molecule has 0 bridgehead atoms. The number of anilines is 1. The molecule has 146 valence electrons. The first-order valence-electron chi connectivity index (χ1n) is 8.80. The first-order valence-corrected chi connectivity index (χ1v) is 9.18. The molecule has 6 nitrogen and oxygen atoms in total. The lowest BCUT2D eigenvalue weighted by molar-refractivity contribution is -0.123. The molecular formula is C18H29ClIN5O. The van der Waals surface area contributed by atoms with Crippen molar-refractivity contribution in [2.45, 2.75) is 20.3 Å². The predicted molar refractivity (Wildman–Crippen MR) is 120 cm³/mol. The van der Waals surface area contributed by atoms with Crippen molar-refractivity contribution in [2.75, 3.05) is 44.2 Å². The second-order valence-corrected chi connectivity index (χ2v) is 6.93. The van der Waals surface area contributed by atoms with E-state index in [4.69, 9.17) is 17.3 Å². The number of guanidine groups is 1. The van der Waals surface area contributed by atoms with Crippen molar-refractivity contribution in [1.29, 1.82) is 0 Å². The fraction of sp³-hybridized carbons (Fsp3) is 0.556. The molecule has 0 saturated carbocycles. The van der Waals surface area contributed by atoms with Gasteiger partial charge < -0.3 is 20.9 Å². The van der Waals surface area contributed by atoms with Gasteiger partial charge >= 0.3 is 0 Å². The topological polar surface area (TPSA) is 74.0 Å². The van der Waals surface area contributed by atoms with Gasteiger partial charge in [-0.15, -0.1) is 24.0 Å². The van der Waals surface area contributed by atoms with Crippen molar-refractivity contribution in [3.05, 3.63) is 29.3 Å². The van der Waals surface area contributed by atoms with E-state index in [0.717, 1.165) is 37.6 Å². The van der Waals surface area contributed by atoms with Gasteiger partial charge in [-0.05, 0) is 30.7 Å². The van der Waals surface area contributed by atoms with Gasteiger partial charge in [-0.1, -0.05) is 25.4 Å². The maximum Gasteiger partial charge on any atom is 0.222 e. The van der Waals surface area contributed by atoms with Gasteiger partial charge in [0.15, 0.2) is 5.96 Å². The van der Waals surface area contributed by atoms with E-state index in [9.17, 15) is 4.79 Å². The summed E-state index contributed by atoms with van der Waals surface area (Å²) in [6.45, 7) is 8.54. The van der Waals surface area contributed by atoms with E-state index < -0.39 is 0 Å². The molecule has 2 rings (SSSR count). The number of nitrogens with one attached hydrogen (secondary N) is 1. The Labute approximate surface area is 178 Å². The Morgan fingerprint density at radius 3 is 2.42 bits per heavy atom. The summed E-state index contributed by atoms with van der Waals surface area (Å²) < 4.78 is 0. The Balaban J connectivity index is 0.00000338. The molecule has 1 saturated heterocycles. The standard InChI is InChI=1S/C18H28ClN5O.HI/c1-14(2)17(25)21-8-3-9-22-18(20)24-12-10-23(11-13-24)16-6-4-15(19)5-7-16;/h4-7,14H,3,8-13H2,1-2H3,(H2,20,22)(H,21,25);1H. The Morgan fingerprint density at radius 1 is 1.23 bits per heavy atom. The fourth-order valence-electron chi connectivity index (χ4n) is 2.63. The number of nitrogens with two attached hydrogens (primary N) is 1. The average Bonchev–Trinajstić information content (AvgIpc) is 2.61. The number of nitrogens with zero attached hydrogens (tertiary/aromatic N) is 3. The molecule has 0 unspecified atom stereocenters. The molecule has 0 atom stereocenters. The summed E-state index contributed by atoms with van der Waals surface area (Å²) >= 11 is 5.94. The highest BCUT2D eigenvalue weighted by molar-refractivity contribution is 14.0. The van der Waals surface area contributed by atoms with Crippen LogP contribution in [0.5, 0.6) is 0 Å². The molecule has 3 N–H and O–H groups in total. The number of hydrogen-bond acceptors (Lipinski definition) is 3. The van der Waals surface area contributed by atoms with Gasteiger partial charge in [0.2, 0.25) is 5.91 Å². The summed E-state index contributed by atoms with van der Waals surface area (Å²) in [6.07, 6.45) is 0.796.